The summed E-state index contributed by atoms with van der Waals surface area (Å²) in [6.07, 6.45) is 3.22. The molecule has 0 unspecified atom stereocenters. The van der Waals surface area contributed by atoms with Crippen LogP contribution in [0.15, 0.2) is 12.7 Å². The van der Waals surface area contributed by atoms with Gasteiger partial charge in [-0.3, -0.25) is 0 Å². The zero-order valence-corrected chi connectivity index (χ0v) is 8.15. The van der Waals surface area contributed by atoms with Gasteiger partial charge in [-0.25, -0.2) is 0 Å². The van der Waals surface area contributed by atoms with Crippen LogP contribution in [0.3, 0.4) is 0 Å². The van der Waals surface area contributed by atoms with Crippen LogP contribution >= 0.6 is 0 Å². The minimum absolute atomic E-state index is 0.648. The monoisotopic (exact) mass is 142 g/mol. The Kier molecular flexibility index (Phi) is 10.9. The van der Waals surface area contributed by atoms with Crippen LogP contribution in [0.25, 0.3) is 0 Å². The number of rotatable bonds is 2. The van der Waals surface area contributed by atoms with E-state index in [9.17, 15) is 0 Å². The molecule has 0 aliphatic heterocycles. The van der Waals surface area contributed by atoms with Crippen molar-refractivity contribution in [3.05, 3.63) is 12.7 Å². The fourth-order valence-electron chi connectivity index (χ4n) is 0. The van der Waals surface area contributed by atoms with E-state index in [-0.39, 0.29) is 0 Å². The molecular weight excluding hydrogens is 120 g/mol. The van der Waals surface area contributed by atoms with Crippen molar-refractivity contribution in [2.24, 2.45) is 11.8 Å². The Balaban J connectivity index is 0. The number of hydrogen-bond acceptors (Lipinski definition) is 0. The maximum absolute atomic E-state index is 3.56. The molecule has 0 nitrogen and oxygen atoms in total. The van der Waals surface area contributed by atoms with E-state index >= 15 is 0 Å². The second-order valence-corrected chi connectivity index (χ2v) is 3.28. The molecule has 0 radical (unpaired) electrons. The third-order valence-electron chi connectivity index (χ3n) is 1.29. The molecular formula is C10H22. The highest BCUT2D eigenvalue weighted by molar-refractivity contribution is 4.69. The van der Waals surface area contributed by atoms with Crippen molar-refractivity contribution in [3.8, 4) is 0 Å². The van der Waals surface area contributed by atoms with Gasteiger partial charge in [0.2, 0.25) is 0 Å². The van der Waals surface area contributed by atoms with Gasteiger partial charge in [0.15, 0.2) is 0 Å². The van der Waals surface area contributed by atoms with Gasteiger partial charge in [-0.05, 0) is 11.8 Å². The largest absolute Gasteiger partial charge is 0.103 e. The summed E-state index contributed by atoms with van der Waals surface area (Å²) in [6, 6.07) is 0. The molecule has 0 aliphatic carbocycles. The Bertz CT molecular complexity index is 60.4. The summed E-state index contributed by atoms with van der Waals surface area (Å²) in [4.78, 5) is 0. The second kappa shape index (κ2) is 8.74. The molecule has 0 atom stereocenters. The molecule has 0 N–H and O–H groups in total. The molecule has 0 aromatic rings. The van der Waals surface area contributed by atoms with Crippen molar-refractivity contribution in [2.75, 3.05) is 0 Å². The summed E-state index contributed by atoms with van der Waals surface area (Å²) < 4.78 is 0. The minimum atomic E-state index is 0.648. The molecule has 62 valence electrons. The molecule has 0 aromatic carbocycles. The van der Waals surface area contributed by atoms with E-state index in [2.05, 4.69) is 41.2 Å². The van der Waals surface area contributed by atoms with Gasteiger partial charge in [0.05, 0.1) is 0 Å². The molecule has 0 bridgehead atoms. The number of allylic oxidation sites excluding steroid dienone is 1. The molecule has 0 rings (SSSR count). The van der Waals surface area contributed by atoms with E-state index < -0.39 is 0 Å². The lowest BCUT2D eigenvalue weighted by atomic mass is 10.2. The van der Waals surface area contributed by atoms with Crippen molar-refractivity contribution in [1.29, 1.82) is 0 Å². The zero-order chi connectivity index (χ0) is 8.57. The third-order valence-corrected chi connectivity index (χ3v) is 1.29. The summed E-state index contributed by atoms with van der Waals surface area (Å²) >= 11 is 0. The van der Waals surface area contributed by atoms with Crippen LogP contribution in [0.5, 0.6) is 0 Å². The van der Waals surface area contributed by atoms with E-state index in [0.717, 1.165) is 5.92 Å². The fraction of sp³-hybridized carbons (Fsp3) is 0.800. The molecule has 0 saturated carbocycles. The first-order chi connectivity index (χ1) is 4.54. The van der Waals surface area contributed by atoms with Crippen LogP contribution in [-0.2, 0) is 0 Å². The lowest BCUT2D eigenvalue weighted by Gasteiger charge is -1.90. The summed E-state index contributed by atoms with van der Waals surface area (Å²) in [5, 5.41) is 0. The summed E-state index contributed by atoms with van der Waals surface area (Å²) in [7, 11) is 0. The van der Waals surface area contributed by atoms with Gasteiger partial charge in [0, 0.05) is 0 Å². The van der Waals surface area contributed by atoms with Crippen molar-refractivity contribution >= 4 is 0 Å². The van der Waals surface area contributed by atoms with Crippen LogP contribution in [0.2, 0.25) is 0 Å². The van der Waals surface area contributed by atoms with Crippen molar-refractivity contribution < 1.29 is 0 Å². The van der Waals surface area contributed by atoms with Gasteiger partial charge in [0.25, 0.3) is 0 Å². The smallest absolute Gasteiger partial charge is 0.0293 e. The van der Waals surface area contributed by atoms with Crippen LogP contribution in [0.4, 0.5) is 0 Å². The molecule has 0 amide bonds. The fourth-order valence-corrected chi connectivity index (χ4v) is 0. The molecule has 0 spiro atoms. The topological polar surface area (TPSA) is 0 Å². The second-order valence-electron chi connectivity index (χ2n) is 3.28. The van der Waals surface area contributed by atoms with Crippen molar-refractivity contribution in [2.45, 2.75) is 41.0 Å². The molecule has 0 heteroatoms. The van der Waals surface area contributed by atoms with E-state index in [0.29, 0.717) is 5.92 Å². The first-order valence-corrected chi connectivity index (χ1v) is 4.17. The number of hydrogen-bond donors (Lipinski definition) is 0. The van der Waals surface area contributed by atoms with Gasteiger partial charge in [0.1, 0.15) is 0 Å². The normalized spacial score (nSPS) is 9.10. The highest BCUT2D eigenvalue weighted by Gasteiger charge is 1.80. The van der Waals surface area contributed by atoms with Gasteiger partial charge in [-0.1, -0.05) is 47.1 Å². The van der Waals surface area contributed by atoms with Gasteiger partial charge in [-0.2, -0.15) is 0 Å². The Hall–Kier alpha value is -0.260. The Morgan fingerprint density at radius 2 is 1.40 bits per heavy atom. The van der Waals surface area contributed by atoms with Crippen LogP contribution in [0, 0.1) is 11.8 Å². The standard InChI is InChI=1S/C5H12.C5H10/c2*1-4-5(2)3/h5H,4H2,1-3H3;4-5H,1H2,2-3H3. The van der Waals surface area contributed by atoms with Gasteiger partial charge >= 0.3 is 0 Å². The average Bonchev–Trinajstić information content (AvgIpc) is 1.89. The Morgan fingerprint density at radius 3 is 1.40 bits per heavy atom. The maximum atomic E-state index is 3.56. The Morgan fingerprint density at radius 1 is 1.20 bits per heavy atom. The van der Waals surface area contributed by atoms with E-state index in [4.69, 9.17) is 0 Å². The molecule has 0 heterocycles. The molecule has 0 aliphatic rings. The lowest BCUT2D eigenvalue weighted by molar-refractivity contribution is 0.626. The van der Waals surface area contributed by atoms with E-state index in [1.54, 1.807) is 0 Å². The summed E-state index contributed by atoms with van der Waals surface area (Å²) in [5.74, 6) is 1.53. The molecule has 10 heavy (non-hydrogen) atoms. The third kappa shape index (κ3) is 25.1. The van der Waals surface area contributed by atoms with Crippen LogP contribution < -0.4 is 0 Å². The minimum Gasteiger partial charge on any atom is -0.103 e. The first-order valence-electron chi connectivity index (χ1n) is 4.17. The molecule has 0 fully saturated rings. The predicted molar refractivity (Wildman–Crippen MR) is 50.2 cm³/mol. The van der Waals surface area contributed by atoms with Crippen LogP contribution in [-0.4, -0.2) is 0 Å². The van der Waals surface area contributed by atoms with E-state index in [1.807, 2.05) is 6.08 Å². The average molecular weight is 142 g/mol. The molecule has 0 aromatic heterocycles. The van der Waals surface area contributed by atoms with Crippen molar-refractivity contribution in [1.82, 2.24) is 0 Å². The quantitative estimate of drug-likeness (QED) is 0.513. The SMILES string of the molecule is C=CC(C)C.CCC(C)C. The van der Waals surface area contributed by atoms with E-state index in [1.165, 1.54) is 6.42 Å². The summed E-state index contributed by atoms with van der Waals surface area (Å²) in [6.45, 7) is 14.4. The van der Waals surface area contributed by atoms with Crippen molar-refractivity contribution in [3.63, 3.8) is 0 Å². The predicted octanol–water partition coefficient (Wildman–Crippen LogP) is 3.88. The molecule has 0 saturated heterocycles. The van der Waals surface area contributed by atoms with Gasteiger partial charge < -0.3 is 0 Å². The highest BCUT2D eigenvalue weighted by Crippen LogP contribution is 1.93. The maximum Gasteiger partial charge on any atom is -0.0293 e. The Labute approximate surface area is 66.3 Å². The summed E-state index contributed by atoms with van der Waals surface area (Å²) in [5.41, 5.74) is 0. The highest BCUT2D eigenvalue weighted by atomic mass is 13.9. The van der Waals surface area contributed by atoms with Gasteiger partial charge in [-0.15, -0.1) is 6.58 Å². The first kappa shape index (κ1) is 12.4. The lowest BCUT2D eigenvalue weighted by Crippen LogP contribution is -1.77. The zero-order valence-electron chi connectivity index (χ0n) is 8.15. The van der Waals surface area contributed by atoms with Crippen LogP contribution in [0.1, 0.15) is 41.0 Å².